The van der Waals surface area contributed by atoms with Gasteiger partial charge in [-0.1, -0.05) is 18.2 Å². The summed E-state index contributed by atoms with van der Waals surface area (Å²) < 4.78 is 2.18. The topological polar surface area (TPSA) is 29.9 Å². The van der Waals surface area contributed by atoms with Gasteiger partial charge in [-0.25, -0.2) is 4.98 Å². The molecule has 0 atom stereocenters. The van der Waals surface area contributed by atoms with Crippen LogP contribution in [0.3, 0.4) is 0 Å². The number of allylic oxidation sites excluding steroid dienone is 1. The third kappa shape index (κ3) is 3.22. The van der Waals surface area contributed by atoms with Crippen molar-refractivity contribution in [2.24, 2.45) is 0 Å². The summed E-state index contributed by atoms with van der Waals surface area (Å²) in [5, 5.41) is 3.13. The van der Waals surface area contributed by atoms with Crippen LogP contribution in [-0.2, 0) is 13.1 Å². The van der Waals surface area contributed by atoms with Crippen molar-refractivity contribution >= 4 is 35.8 Å². The quantitative estimate of drug-likeness (QED) is 0.869. The van der Waals surface area contributed by atoms with E-state index in [0.717, 1.165) is 24.4 Å². The number of hydrogen-bond acceptors (Lipinski definition) is 2. The molecular formula is C12H17Cl2N3. The van der Waals surface area contributed by atoms with Gasteiger partial charge in [0.05, 0.1) is 17.6 Å². The molecule has 2 rings (SSSR count). The maximum absolute atomic E-state index is 4.57. The van der Waals surface area contributed by atoms with Crippen LogP contribution in [0.15, 0.2) is 36.9 Å². The van der Waals surface area contributed by atoms with Crippen LogP contribution in [0.25, 0.3) is 11.0 Å². The smallest absolute Gasteiger partial charge is 0.124 e. The van der Waals surface area contributed by atoms with Gasteiger partial charge in [-0.05, 0) is 19.2 Å². The van der Waals surface area contributed by atoms with E-state index in [9.17, 15) is 0 Å². The Morgan fingerprint density at radius 3 is 2.71 bits per heavy atom. The maximum atomic E-state index is 4.57. The zero-order valence-corrected chi connectivity index (χ0v) is 11.4. The van der Waals surface area contributed by atoms with E-state index in [1.54, 1.807) is 0 Å². The highest BCUT2D eigenvalue weighted by atomic mass is 35.5. The Hall–Kier alpha value is -1.03. The molecule has 94 valence electrons. The highest BCUT2D eigenvalue weighted by Crippen LogP contribution is 2.15. The molecule has 0 saturated heterocycles. The fourth-order valence-electron chi connectivity index (χ4n) is 1.75. The summed E-state index contributed by atoms with van der Waals surface area (Å²) in [7, 11) is 1.93. The zero-order chi connectivity index (χ0) is 10.7. The molecule has 0 bridgehead atoms. The average Bonchev–Trinajstić information content (AvgIpc) is 2.59. The summed E-state index contributed by atoms with van der Waals surface area (Å²) >= 11 is 0. The molecule has 1 aromatic heterocycles. The fraction of sp³-hybridized carbons (Fsp3) is 0.250. The van der Waals surface area contributed by atoms with Crippen LogP contribution in [0, 0.1) is 0 Å². The summed E-state index contributed by atoms with van der Waals surface area (Å²) in [6, 6.07) is 8.17. The SMILES string of the molecule is C=CCn1c(CNC)nc2ccccc21.Cl.Cl. The van der Waals surface area contributed by atoms with Crippen LogP contribution in [0.4, 0.5) is 0 Å². The van der Waals surface area contributed by atoms with E-state index in [-0.39, 0.29) is 24.8 Å². The van der Waals surface area contributed by atoms with Crippen molar-refractivity contribution in [1.29, 1.82) is 0 Å². The van der Waals surface area contributed by atoms with Crippen LogP contribution in [-0.4, -0.2) is 16.6 Å². The molecule has 0 unspecified atom stereocenters. The van der Waals surface area contributed by atoms with E-state index in [1.165, 1.54) is 5.52 Å². The lowest BCUT2D eigenvalue weighted by molar-refractivity contribution is 0.693. The predicted octanol–water partition coefficient (Wildman–Crippen LogP) is 2.79. The minimum Gasteiger partial charge on any atom is -0.323 e. The first-order valence-corrected chi connectivity index (χ1v) is 5.06. The van der Waals surface area contributed by atoms with Gasteiger partial charge < -0.3 is 9.88 Å². The van der Waals surface area contributed by atoms with Crippen molar-refractivity contribution in [3.8, 4) is 0 Å². The molecule has 0 aliphatic carbocycles. The van der Waals surface area contributed by atoms with Crippen molar-refractivity contribution in [2.45, 2.75) is 13.1 Å². The molecule has 2 aromatic rings. The van der Waals surface area contributed by atoms with Crippen molar-refractivity contribution in [3.05, 3.63) is 42.7 Å². The van der Waals surface area contributed by atoms with Gasteiger partial charge in [0.15, 0.2) is 0 Å². The van der Waals surface area contributed by atoms with Gasteiger partial charge >= 0.3 is 0 Å². The van der Waals surface area contributed by atoms with Crippen molar-refractivity contribution in [1.82, 2.24) is 14.9 Å². The average molecular weight is 274 g/mol. The third-order valence-electron chi connectivity index (χ3n) is 2.38. The number of benzene rings is 1. The number of fused-ring (bicyclic) bond motifs is 1. The normalized spacial score (nSPS) is 9.47. The number of halogens is 2. The van der Waals surface area contributed by atoms with Crippen molar-refractivity contribution in [2.75, 3.05) is 7.05 Å². The molecule has 0 saturated carbocycles. The Morgan fingerprint density at radius 1 is 1.35 bits per heavy atom. The number of nitrogens with zero attached hydrogens (tertiary/aromatic N) is 2. The predicted molar refractivity (Wildman–Crippen MR) is 77.2 cm³/mol. The lowest BCUT2D eigenvalue weighted by Crippen LogP contribution is -2.11. The minimum absolute atomic E-state index is 0. The summed E-state index contributed by atoms with van der Waals surface area (Å²) in [6.07, 6.45) is 1.90. The molecule has 0 amide bonds. The van der Waals surface area contributed by atoms with Crippen LogP contribution in [0.1, 0.15) is 5.82 Å². The molecule has 0 aliphatic rings. The zero-order valence-electron chi connectivity index (χ0n) is 9.72. The van der Waals surface area contributed by atoms with Crippen molar-refractivity contribution < 1.29 is 0 Å². The number of para-hydroxylation sites is 2. The summed E-state index contributed by atoms with van der Waals surface area (Å²) in [5.41, 5.74) is 2.22. The lowest BCUT2D eigenvalue weighted by atomic mass is 10.3. The first-order chi connectivity index (χ1) is 7.36. The fourth-order valence-corrected chi connectivity index (χ4v) is 1.75. The van der Waals surface area contributed by atoms with Crippen LogP contribution >= 0.6 is 24.8 Å². The van der Waals surface area contributed by atoms with E-state index < -0.39 is 0 Å². The van der Waals surface area contributed by atoms with Crippen LogP contribution < -0.4 is 5.32 Å². The summed E-state index contributed by atoms with van der Waals surface area (Å²) in [5.74, 6) is 1.05. The van der Waals surface area contributed by atoms with Gasteiger partial charge in [0, 0.05) is 6.54 Å². The van der Waals surface area contributed by atoms with E-state index >= 15 is 0 Å². The molecular weight excluding hydrogens is 257 g/mol. The van der Waals surface area contributed by atoms with E-state index in [4.69, 9.17) is 0 Å². The third-order valence-corrected chi connectivity index (χ3v) is 2.38. The second-order valence-electron chi connectivity index (χ2n) is 3.45. The number of nitrogens with one attached hydrogen (secondary N) is 1. The molecule has 0 aliphatic heterocycles. The molecule has 1 N–H and O–H groups in total. The second kappa shape index (κ2) is 7.33. The number of rotatable bonds is 4. The van der Waals surface area contributed by atoms with Gasteiger partial charge in [0.1, 0.15) is 5.82 Å². The minimum atomic E-state index is 0. The lowest BCUT2D eigenvalue weighted by Gasteiger charge is -2.05. The molecule has 1 heterocycles. The monoisotopic (exact) mass is 273 g/mol. The molecule has 17 heavy (non-hydrogen) atoms. The summed E-state index contributed by atoms with van der Waals surface area (Å²) in [4.78, 5) is 4.57. The summed E-state index contributed by atoms with van der Waals surface area (Å²) in [6.45, 7) is 5.36. The first kappa shape index (κ1) is 16.0. The molecule has 0 spiro atoms. The highest BCUT2D eigenvalue weighted by Gasteiger charge is 2.07. The van der Waals surface area contributed by atoms with E-state index in [2.05, 4.69) is 27.5 Å². The highest BCUT2D eigenvalue weighted by molar-refractivity contribution is 5.85. The molecule has 0 radical (unpaired) electrons. The van der Waals surface area contributed by atoms with Crippen molar-refractivity contribution in [3.63, 3.8) is 0 Å². The van der Waals surface area contributed by atoms with Gasteiger partial charge in [-0.15, -0.1) is 31.4 Å². The standard InChI is InChI=1S/C12H15N3.2ClH/c1-3-8-15-11-7-5-4-6-10(11)14-12(15)9-13-2;;/h3-7,13H,1,8-9H2,2H3;2*1H. The Labute approximate surface area is 114 Å². The largest absolute Gasteiger partial charge is 0.323 e. The van der Waals surface area contributed by atoms with Gasteiger partial charge in [0.25, 0.3) is 0 Å². The number of hydrogen-bond donors (Lipinski definition) is 1. The van der Waals surface area contributed by atoms with Gasteiger partial charge in [-0.2, -0.15) is 0 Å². The molecule has 1 aromatic carbocycles. The number of imidazole rings is 1. The Kier molecular flexibility index (Phi) is 6.88. The maximum Gasteiger partial charge on any atom is 0.124 e. The van der Waals surface area contributed by atoms with E-state index in [1.807, 2.05) is 31.3 Å². The van der Waals surface area contributed by atoms with E-state index in [0.29, 0.717) is 0 Å². The van der Waals surface area contributed by atoms with Gasteiger partial charge in [-0.3, -0.25) is 0 Å². The van der Waals surface area contributed by atoms with Gasteiger partial charge in [0.2, 0.25) is 0 Å². The molecule has 3 nitrogen and oxygen atoms in total. The molecule has 5 heteroatoms. The Morgan fingerprint density at radius 2 is 2.06 bits per heavy atom. The van der Waals surface area contributed by atoms with Crippen LogP contribution in [0.2, 0.25) is 0 Å². The number of aromatic nitrogens is 2. The Balaban J connectivity index is 0.00000128. The Bertz CT molecular complexity index is 480. The first-order valence-electron chi connectivity index (χ1n) is 5.06. The van der Waals surface area contributed by atoms with Crippen LogP contribution in [0.5, 0.6) is 0 Å². The second-order valence-corrected chi connectivity index (χ2v) is 3.45. The molecule has 0 fully saturated rings.